The van der Waals surface area contributed by atoms with Crippen LogP contribution in [0.3, 0.4) is 0 Å². The van der Waals surface area contributed by atoms with Gasteiger partial charge in [-0.3, -0.25) is 0 Å². The number of anilines is 2. The number of nitrogens with one attached hydrogen (secondary N) is 1. The van der Waals surface area contributed by atoms with Crippen LogP contribution in [-0.4, -0.2) is 4.98 Å². The second-order valence-electron chi connectivity index (χ2n) is 6.96. The molecule has 30 heavy (non-hydrogen) atoms. The van der Waals surface area contributed by atoms with Crippen LogP contribution in [0.5, 0.6) is 0 Å². The third-order valence-corrected chi connectivity index (χ3v) is 4.74. The summed E-state index contributed by atoms with van der Waals surface area (Å²) in [5, 5.41) is 3.33. The zero-order valence-electron chi connectivity index (χ0n) is 16.2. The predicted octanol–water partition coefficient (Wildman–Crippen LogP) is 7.00. The fraction of sp³-hybridized carbons (Fsp3) is 0.125. The lowest BCUT2D eigenvalue weighted by molar-refractivity contribution is -0.137. The SMILES string of the molecule is Cc1oc(-c2ccc(C(F)(F)F)cc2)nc1Cc1ccc(Nc2ccccc2)cc1. The molecule has 3 aromatic carbocycles. The molecule has 1 aromatic heterocycles. The molecule has 0 bridgehead atoms. The lowest BCUT2D eigenvalue weighted by Crippen LogP contribution is -2.03. The first-order valence-corrected chi connectivity index (χ1v) is 9.43. The van der Waals surface area contributed by atoms with E-state index in [1.165, 1.54) is 12.1 Å². The fourth-order valence-electron chi connectivity index (χ4n) is 3.10. The molecular weight excluding hydrogens is 389 g/mol. The van der Waals surface area contributed by atoms with Gasteiger partial charge in [-0.2, -0.15) is 13.2 Å². The highest BCUT2D eigenvalue weighted by atomic mass is 19.4. The Hall–Kier alpha value is -3.54. The average Bonchev–Trinajstić information content (AvgIpc) is 3.10. The van der Waals surface area contributed by atoms with Gasteiger partial charge in [0.1, 0.15) is 5.76 Å². The highest BCUT2D eigenvalue weighted by Gasteiger charge is 2.30. The molecule has 0 saturated carbocycles. The Morgan fingerprint density at radius 2 is 1.47 bits per heavy atom. The van der Waals surface area contributed by atoms with E-state index >= 15 is 0 Å². The van der Waals surface area contributed by atoms with Crippen molar-refractivity contribution < 1.29 is 17.6 Å². The highest BCUT2D eigenvalue weighted by Crippen LogP contribution is 2.31. The molecule has 0 saturated heterocycles. The molecule has 0 atom stereocenters. The van der Waals surface area contributed by atoms with Crippen LogP contribution in [0.25, 0.3) is 11.5 Å². The van der Waals surface area contributed by atoms with Crippen LogP contribution in [0.4, 0.5) is 24.5 Å². The number of hydrogen-bond donors (Lipinski definition) is 1. The monoisotopic (exact) mass is 408 g/mol. The third kappa shape index (κ3) is 4.54. The van der Waals surface area contributed by atoms with Gasteiger partial charge in [0.25, 0.3) is 0 Å². The van der Waals surface area contributed by atoms with Crippen LogP contribution in [0.2, 0.25) is 0 Å². The lowest BCUT2D eigenvalue weighted by atomic mass is 10.1. The van der Waals surface area contributed by atoms with Gasteiger partial charge in [0.2, 0.25) is 5.89 Å². The van der Waals surface area contributed by atoms with Crippen LogP contribution in [0.1, 0.15) is 22.6 Å². The maximum absolute atomic E-state index is 12.7. The number of rotatable bonds is 5. The van der Waals surface area contributed by atoms with Crippen LogP contribution in [-0.2, 0) is 12.6 Å². The minimum Gasteiger partial charge on any atom is -0.441 e. The van der Waals surface area contributed by atoms with Crippen LogP contribution >= 0.6 is 0 Å². The molecule has 0 aliphatic carbocycles. The van der Waals surface area contributed by atoms with Gasteiger partial charge < -0.3 is 9.73 Å². The van der Waals surface area contributed by atoms with Crippen molar-refractivity contribution in [2.24, 2.45) is 0 Å². The first-order valence-electron chi connectivity index (χ1n) is 9.43. The zero-order chi connectivity index (χ0) is 21.1. The summed E-state index contributed by atoms with van der Waals surface area (Å²) >= 11 is 0. The quantitative estimate of drug-likeness (QED) is 0.386. The third-order valence-electron chi connectivity index (χ3n) is 4.74. The van der Waals surface area contributed by atoms with Crippen molar-refractivity contribution >= 4 is 11.4 Å². The smallest absolute Gasteiger partial charge is 0.416 e. The first kappa shape index (κ1) is 19.8. The normalized spacial score (nSPS) is 11.5. The molecule has 1 N–H and O–H groups in total. The number of nitrogens with zero attached hydrogens (tertiary/aromatic N) is 1. The lowest BCUT2D eigenvalue weighted by Gasteiger charge is -2.07. The summed E-state index contributed by atoms with van der Waals surface area (Å²) in [6.07, 6.45) is -3.79. The fourth-order valence-corrected chi connectivity index (χ4v) is 3.10. The standard InChI is InChI=1S/C24H19F3N2O/c1-16-22(29-23(30-16)18-9-11-19(12-10-18)24(25,26)27)15-17-7-13-21(14-8-17)28-20-5-3-2-4-6-20/h2-14,28H,15H2,1H3. The van der Waals surface area contributed by atoms with Crippen molar-refractivity contribution in [3.05, 3.63) is 101 Å². The van der Waals surface area contributed by atoms with Crippen molar-refractivity contribution in [3.63, 3.8) is 0 Å². The summed E-state index contributed by atoms with van der Waals surface area (Å²) in [6, 6.07) is 22.7. The van der Waals surface area contributed by atoms with Gasteiger partial charge in [0.15, 0.2) is 0 Å². The van der Waals surface area contributed by atoms with Gasteiger partial charge >= 0.3 is 6.18 Å². The number of halogens is 3. The molecule has 0 unspecified atom stereocenters. The Bertz CT molecular complexity index is 1120. The van der Waals surface area contributed by atoms with Crippen molar-refractivity contribution in [1.29, 1.82) is 0 Å². The Morgan fingerprint density at radius 1 is 0.833 bits per heavy atom. The largest absolute Gasteiger partial charge is 0.441 e. The second-order valence-corrected chi connectivity index (χ2v) is 6.96. The molecular formula is C24H19F3N2O. The molecule has 4 aromatic rings. The molecule has 3 nitrogen and oxygen atoms in total. The molecule has 0 spiro atoms. The Kier molecular flexibility index (Phi) is 5.31. The molecule has 0 amide bonds. The van der Waals surface area contributed by atoms with Crippen LogP contribution in [0, 0.1) is 6.92 Å². The Balaban J connectivity index is 1.47. The van der Waals surface area contributed by atoms with Crippen LogP contribution < -0.4 is 5.32 Å². The summed E-state index contributed by atoms with van der Waals surface area (Å²) in [7, 11) is 0. The van der Waals surface area contributed by atoms with E-state index in [9.17, 15) is 13.2 Å². The number of aryl methyl sites for hydroxylation is 1. The van der Waals surface area contributed by atoms with E-state index in [-0.39, 0.29) is 0 Å². The number of oxazole rings is 1. The van der Waals surface area contributed by atoms with Crippen molar-refractivity contribution in [1.82, 2.24) is 4.98 Å². The maximum atomic E-state index is 12.7. The minimum absolute atomic E-state index is 0.318. The summed E-state index contributed by atoms with van der Waals surface area (Å²) in [5.41, 5.74) is 3.63. The number of hydrogen-bond acceptors (Lipinski definition) is 3. The molecule has 0 aliphatic heterocycles. The molecule has 6 heteroatoms. The van der Waals surface area contributed by atoms with E-state index in [1.54, 1.807) is 6.92 Å². The average molecular weight is 408 g/mol. The number of benzene rings is 3. The molecule has 0 radical (unpaired) electrons. The van der Waals surface area contributed by atoms with E-state index in [2.05, 4.69) is 10.3 Å². The Morgan fingerprint density at radius 3 is 2.10 bits per heavy atom. The van der Waals surface area contributed by atoms with Gasteiger partial charge in [-0.15, -0.1) is 0 Å². The summed E-state index contributed by atoms with van der Waals surface area (Å²) in [4.78, 5) is 4.49. The second kappa shape index (κ2) is 8.06. The van der Waals surface area contributed by atoms with Crippen molar-refractivity contribution in [2.45, 2.75) is 19.5 Å². The van der Waals surface area contributed by atoms with Crippen molar-refractivity contribution in [3.8, 4) is 11.5 Å². The molecule has 152 valence electrons. The van der Waals surface area contributed by atoms with Gasteiger partial charge in [-0.05, 0) is 61.0 Å². The van der Waals surface area contributed by atoms with Gasteiger partial charge in [-0.25, -0.2) is 4.98 Å². The summed E-state index contributed by atoms with van der Waals surface area (Å²) in [6.45, 7) is 1.81. The van der Waals surface area contributed by atoms with E-state index in [0.717, 1.165) is 34.8 Å². The number of aromatic nitrogens is 1. The minimum atomic E-state index is -4.36. The summed E-state index contributed by atoms with van der Waals surface area (Å²) in [5.74, 6) is 0.968. The first-order chi connectivity index (χ1) is 14.4. The summed E-state index contributed by atoms with van der Waals surface area (Å²) < 4.78 is 43.9. The predicted molar refractivity (Wildman–Crippen MR) is 111 cm³/mol. The van der Waals surface area contributed by atoms with Gasteiger partial charge in [0, 0.05) is 23.4 Å². The van der Waals surface area contributed by atoms with E-state index in [1.807, 2.05) is 54.6 Å². The molecule has 1 heterocycles. The number of alkyl halides is 3. The molecule has 0 aliphatic rings. The topological polar surface area (TPSA) is 38.1 Å². The van der Waals surface area contributed by atoms with Gasteiger partial charge in [-0.1, -0.05) is 30.3 Å². The molecule has 4 rings (SSSR count). The molecule has 0 fully saturated rings. The van der Waals surface area contributed by atoms with Crippen molar-refractivity contribution in [2.75, 3.05) is 5.32 Å². The maximum Gasteiger partial charge on any atom is 0.416 e. The van der Waals surface area contributed by atoms with E-state index < -0.39 is 11.7 Å². The van der Waals surface area contributed by atoms with Gasteiger partial charge in [0.05, 0.1) is 11.3 Å². The van der Waals surface area contributed by atoms with Crippen LogP contribution in [0.15, 0.2) is 83.3 Å². The highest BCUT2D eigenvalue weighted by molar-refractivity contribution is 5.60. The zero-order valence-corrected chi connectivity index (χ0v) is 16.2. The number of para-hydroxylation sites is 1. The van der Waals surface area contributed by atoms with E-state index in [4.69, 9.17) is 4.42 Å². The Labute approximate surface area is 172 Å². The van der Waals surface area contributed by atoms with E-state index in [0.29, 0.717) is 23.6 Å².